The van der Waals surface area contributed by atoms with Gasteiger partial charge in [-0.1, -0.05) is 26.7 Å². The number of piperazine rings is 1. The van der Waals surface area contributed by atoms with E-state index in [1.165, 1.54) is 12.8 Å². The van der Waals surface area contributed by atoms with E-state index in [0.717, 1.165) is 32.1 Å². The van der Waals surface area contributed by atoms with E-state index in [1.54, 1.807) is 0 Å². The van der Waals surface area contributed by atoms with Gasteiger partial charge in [0.05, 0.1) is 0 Å². The highest BCUT2D eigenvalue weighted by atomic mass is 15.3. The monoisotopic (exact) mass is 241 g/mol. The fraction of sp³-hybridized carbons (Fsp3) is 1.00. The predicted molar refractivity (Wildman–Crippen MR) is 75.2 cm³/mol. The van der Waals surface area contributed by atoms with E-state index >= 15 is 0 Å². The lowest BCUT2D eigenvalue weighted by atomic mass is 9.90. The first-order valence-corrected chi connectivity index (χ1v) is 7.11. The minimum absolute atomic E-state index is 0.275. The molecule has 1 atom stereocenters. The van der Waals surface area contributed by atoms with E-state index < -0.39 is 0 Å². The molecule has 0 aromatic rings. The largest absolute Gasteiger partial charge is 0.329 e. The molecule has 0 aromatic carbocycles. The molecule has 1 heterocycles. The van der Waals surface area contributed by atoms with E-state index in [4.69, 9.17) is 5.73 Å². The number of hydrogen-bond donors (Lipinski definition) is 1. The Morgan fingerprint density at radius 2 is 1.76 bits per heavy atom. The molecule has 2 N–H and O–H groups in total. The first kappa shape index (κ1) is 14.9. The lowest BCUT2D eigenvalue weighted by Crippen LogP contribution is -2.62. The van der Waals surface area contributed by atoms with Crippen LogP contribution < -0.4 is 5.73 Å². The van der Waals surface area contributed by atoms with Gasteiger partial charge in [0.25, 0.3) is 0 Å². The van der Waals surface area contributed by atoms with Crippen molar-refractivity contribution in [3.63, 3.8) is 0 Å². The Labute approximate surface area is 107 Å². The van der Waals surface area contributed by atoms with Gasteiger partial charge in [0.1, 0.15) is 0 Å². The van der Waals surface area contributed by atoms with Gasteiger partial charge in [0, 0.05) is 37.8 Å². The normalized spacial score (nSPS) is 24.2. The van der Waals surface area contributed by atoms with Crippen molar-refractivity contribution in [1.82, 2.24) is 9.80 Å². The zero-order valence-corrected chi connectivity index (χ0v) is 12.4. The van der Waals surface area contributed by atoms with Gasteiger partial charge in [-0.25, -0.2) is 0 Å². The summed E-state index contributed by atoms with van der Waals surface area (Å²) in [5.41, 5.74) is 6.30. The Balaban J connectivity index is 2.70. The van der Waals surface area contributed by atoms with Crippen molar-refractivity contribution in [3.8, 4) is 0 Å². The minimum atomic E-state index is 0.275. The molecule has 3 heteroatoms. The van der Waals surface area contributed by atoms with Gasteiger partial charge in [-0.3, -0.25) is 9.80 Å². The first-order valence-electron chi connectivity index (χ1n) is 7.11. The van der Waals surface area contributed by atoms with Crippen molar-refractivity contribution < 1.29 is 0 Å². The van der Waals surface area contributed by atoms with E-state index in [9.17, 15) is 0 Å². The topological polar surface area (TPSA) is 32.5 Å². The number of rotatable bonds is 5. The molecule has 0 amide bonds. The molecule has 0 aromatic heterocycles. The second kappa shape index (κ2) is 6.17. The molecule has 17 heavy (non-hydrogen) atoms. The van der Waals surface area contributed by atoms with Crippen molar-refractivity contribution in [2.24, 2.45) is 11.7 Å². The molecule has 0 bridgehead atoms. The summed E-state index contributed by atoms with van der Waals surface area (Å²) in [6.45, 7) is 13.5. The highest BCUT2D eigenvalue weighted by Crippen LogP contribution is 2.25. The van der Waals surface area contributed by atoms with Gasteiger partial charge in [-0.15, -0.1) is 0 Å². The second-order valence-corrected chi connectivity index (χ2v) is 6.08. The van der Waals surface area contributed by atoms with Crippen LogP contribution in [-0.2, 0) is 0 Å². The number of likely N-dealkylation sites (N-methyl/N-ethyl adjacent to an activating group) is 1. The van der Waals surface area contributed by atoms with Crippen LogP contribution in [-0.4, -0.2) is 54.6 Å². The molecule has 1 fully saturated rings. The van der Waals surface area contributed by atoms with Crippen LogP contribution in [0.1, 0.15) is 40.5 Å². The molecule has 1 saturated heterocycles. The number of hydrogen-bond acceptors (Lipinski definition) is 3. The Kier molecular flexibility index (Phi) is 5.42. The minimum Gasteiger partial charge on any atom is -0.329 e. The smallest absolute Gasteiger partial charge is 0.0277 e. The van der Waals surface area contributed by atoms with E-state index in [-0.39, 0.29) is 5.54 Å². The van der Waals surface area contributed by atoms with Crippen molar-refractivity contribution in [2.45, 2.75) is 52.1 Å². The highest BCUT2D eigenvalue weighted by molar-refractivity contribution is 4.92. The standard InChI is InChI=1S/C14H31N3/c1-6-12(7-2)13(10-15)17-9-8-16(5)14(3,4)11-17/h12-13H,6-11,15H2,1-5H3. The summed E-state index contributed by atoms with van der Waals surface area (Å²) >= 11 is 0. The van der Waals surface area contributed by atoms with Gasteiger partial charge in [-0.05, 0) is 26.8 Å². The van der Waals surface area contributed by atoms with Crippen LogP contribution in [0.4, 0.5) is 0 Å². The third-order valence-corrected chi connectivity index (χ3v) is 4.65. The predicted octanol–water partition coefficient (Wildman–Crippen LogP) is 1.78. The molecular formula is C14H31N3. The quantitative estimate of drug-likeness (QED) is 0.796. The second-order valence-electron chi connectivity index (χ2n) is 6.08. The molecule has 1 aliphatic heterocycles. The molecule has 1 rings (SSSR count). The molecule has 3 nitrogen and oxygen atoms in total. The Morgan fingerprint density at radius 1 is 1.18 bits per heavy atom. The number of nitrogens with two attached hydrogens (primary N) is 1. The van der Waals surface area contributed by atoms with Crippen LogP contribution >= 0.6 is 0 Å². The van der Waals surface area contributed by atoms with Gasteiger partial charge in [0.15, 0.2) is 0 Å². The third kappa shape index (κ3) is 3.43. The van der Waals surface area contributed by atoms with Gasteiger partial charge in [0.2, 0.25) is 0 Å². The molecule has 0 saturated carbocycles. The number of nitrogens with zero attached hydrogens (tertiary/aromatic N) is 2. The summed E-state index contributed by atoms with van der Waals surface area (Å²) in [6, 6.07) is 0.568. The molecule has 1 aliphatic rings. The summed E-state index contributed by atoms with van der Waals surface area (Å²) in [5, 5.41) is 0. The fourth-order valence-corrected chi connectivity index (χ4v) is 3.03. The van der Waals surface area contributed by atoms with E-state index in [2.05, 4.69) is 44.5 Å². The first-order chi connectivity index (χ1) is 7.96. The molecule has 0 radical (unpaired) electrons. The Morgan fingerprint density at radius 3 is 2.18 bits per heavy atom. The van der Waals surface area contributed by atoms with E-state index in [0.29, 0.717) is 6.04 Å². The van der Waals surface area contributed by atoms with Crippen molar-refractivity contribution in [1.29, 1.82) is 0 Å². The maximum Gasteiger partial charge on any atom is 0.0277 e. The maximum absolute atomic E-state index is 6.02. The average Bonchev–Trinajstić information content (AvgIpc) is 2.29. The van der Waals surface area contributed by atoms with Gasteiger partial charge in [-0.2, -0.15) is 0 Å². The Bertz CT molecular complexity index is 224. The van der Waals surface area contributed by atoms with Crippen LogP contribution in [0.5, 0.6) is 0 Å². The summed E-state index contributed by atoms with van der Waals surface area (Å²) < 4.78 is 0. The molecule has 1 unspecified atom stereocenters. The maximum atomic E-state index is 6.02. The SMILES string of the molecule is CCC(CC)C(CN)N1CCN(C)C(C)(C)C1. The molecule has 0 spiro atoms. The highest BCUT2D eigenvalue weighted by Gasteiger charge is 2.35. The van der Waals surface area contributed by atoms with Crippen molar-refractivity contribution in [2.75, 3.05) is 33.2 Å². The van der Waals surface area contributed by atoms with Crippen LogP contribution in [0.15, 0.2) is 0 Å². The van der Waals surface area contributed by atoms with Gasteiger partial charge >= 0.3 is 0 Å². The molecule has 0 aliphatic carbocycles. The zero-order chi connectivity index (χ0) is 13.1. The zero-order valence-electron chi connectivity index (χ0n) is 12.4. The lowest BCUT2D eigenvalue weighted by molar-refractivity contribution is 0.00288. The Hall–Kier alpha value is -0.120. The molecular weight excluding hydrogens is 210 g/mol. The molecule has 102 valence electrons. The summed E-state index contributed by atoms with van der Waals surface area (Å²) in [6.07, 6.45) is 2.48. The van der Waals surface area contributed by atoms with Gasteiger partial charge < -0.3 is 5.73 Å². The summed E-state index contributed by atoms with van der Waals surface area (Å²) in [4.78, 5) is 5.08. The third-order valence-electron chi connectivity index (χ3n) is 4.65. The fourth-order valence-electron chi connectivity index (χ4n) is 3.03. The van der Waals surface area contributed by atoms with Crippen LogP contribution in [0, 0.1) is 5.92 Å². The van der Waals surface area contributed by atoms with E-state index in [1.807, 2.05) is 0 Å². The van der Waals surface area contributed by atoms with Crippen molar-refractivity contribution in [3.05, 3.63) is 0 Å². The summed E-state index contributed by atoms with van der Waals surface area (Å²) in [5.74, 6) is 0.749. The van der Waals surface area contributed by atoms with Crippen LogP contribution in [0.2, 0.25) is 0 Å². The van der Waals surface area contributed by atoms with Crippen molar-refractivity contribution >= 4 is 0 Å². The van der Waals surface area contributed by atoms with Crippen LogP contribution in [0.3, 0.4) is 0 Å². The summed E-state index contributed by atoms with van der Waals surface area (Å²) in [7, 11) is 2.23. The lowest BCUT2D eigenvalue weighted by Gasteiger charge is -2.49. The average molecular weight is 241 g/mol. The van der Waals surface area contributed by atoms with Crippen LogP contribution in [0.25, 0.3) is 0 Å².